The summed E-state index contributed by atoms with van der Waals surface area (Å²) in [7, 11) is 1.56. The number of urea groups is 1. The lowest BCUT2D eigenvalue weighted by molar-refractivity contribution is -0.139. The van der Waals surface area contributed by atoms with Gasteiger partial charge in [-0.2, -0.15) is 4.68 Å². The molecule has 0 saturated carbocycles. The normalized spacial score (nSPS) is 15.8. The standard InChI is InChI=1S/C20H20N6O5S/c1-3-30-18(27)16-12(21-19(28)22-17(16)15-9-6-10-31-15)11-32-20-23-24-25-26(20)13-7-4-5-8-14(13)29-2/h4-10,17H,3,11H2,1-2H3,(H2,21,22,28). The second-order valence-corrected chi connectivity index (χ2v) is 7.44. The van der Waals surface area contributed by atoms with Crippen LogP contribution in [-0.4, -0.2) is 51.7 Å². The van der Waals surface area contributed by atoms with Crippen LogP contribution in [0.4, 0.5) is 4.79 Å². The average Bonchev–Trinajstić information content (AvgIpc) is 3.49. The predicted molar refractivity (Wildman–Crippen MR) is 113 cm³/mol. The summed E-state index contributed by atoms with van der Waals surface area (Å²) in [4.78, 5) is 25.1. The van der Waals surface area contributed by atoms with E-state index < -0.39 is 18.0 Å². The number of nitrogens with zero attached hydrogens (tertiary/aromatic N) is 4. The number of nitrogens with one attached hydrogen (secondary N) is 2. The molecule has 0 saturated heterocycles. The first-order valence-electron chi connectivity index (χ1n) is 9.68. The number of hydrogen-bond acceptors (Lipinski definition) is 9. The molecule has 2 amide bonds. The number of furan rings is 1. The van der Waals surface area contributed by atoms with Gasteiger partial charge >= 0.3 is 12.0 Å². The number of amides is 2. The maximum Gasteiger partial charge on any atom is 0.338 e. The van der Waals surface area contributed by atoms with Crippen molar-refractivity contribution in [2.75, 3.05) is 19.5 Å². The number of rotatable bonds is 8. The van der Waals surface area contributed by atoms with Gasteiger partial charge < -0.3 is 24.5 Å². The van der Waals surface area contributed by atoms with Gasteiger partial charge in [-0.05, 0) is 41.6 Å². The number of ether oxygens (including phenoxy) is 2. The number of para-hydroxylation sites is 2. The third kappa shape index (κ3) is 4.30. The van der Waals surface area contributed by atoms with Crippen LogP contribution in [0.5, 0.6) is 5.75 Å². The van der Waals surface area contributed by atoms with Gasteiger partial charge in [0, 0.05) is 11.4 Å². The molecule has 2 aromatic heterocycles. The lowest BCUT2D eigenvalue weighted by atomic mass is 10.0. The quantitative estimate of drug-likeness (QED) is 0.386. The highest BCUT2D eigenvalue weighted by Gasteiger charge is 2.35. The van der Waals surface area contributed by atoms with Crippen molar-refractivity contribution in [2.45, 2.75) is 18.1 Å². The summed E-state index contributed by atoms with van der Waals surface area (Å²) in [5.41, 5.74) is 1.29. The fraction of sp³-hybridized carbons (Fsp3) is 0.250. The average molecular weight is 456 g/mol. The second-order valence-electron chi connectivity index (χ2n) is 6.49. The summed E-state index contributed by atoms with van der Waals surface area (Å²) >= 11 is 1.25. The van der Waals surface area contributed by atoms with Crippen molar-refractivity contribution in [1.82, 2.24) is 30.8 Å². The highest BCUT2D eigenvalue weighted by molar-refractivity contribution is 7.99. The molecule has 0 spiro atoms. The SMILES string of the molecule is CCOC(=O)C1=C(CSc2nnnn2-c2ccccc2OC)NC(=O)NC1c1ccco1. The van der Waals surface area contributed by atoms with Crippen LogP contribution in [0.2, 0.25) is 0 Å². The van der Waals surface area contributed by atoms with Gasteiger partial charge in [0.1, 0.15) is 23.2 Å². The Bertz CT molecular complexity index is 1140. The molecule has 0 bridgehead atoms. The summed E-state index contributed by atoms with van der Waals surface area (Å²) < 4.78 is 17.6. The zero-order valence-electron chi connectivity index (χ0n) is 17.3. The van der Waals surface area contributed by atoms with Gasteiger partial charge in [-0.3, -0.25) is 0 Å². The van der Waals surface area contributed by atoms with E-state index in [9.17, 15) is 9.59 Å². The molecule has 1 aromatic carbocycles. The van der Waals surface area contributed by atoms with Crippen molar-refractivity contribution in [3.8, 4) is 11.4 Å². The molecule has 0 radical (unpaired) electrons. The zero-order valence-corrected chi connectivity index (χ0v) is 18.1. The smallest absolute Gasteiger partial charge is 0.338 e. The summed E-state index contributed by atoms with van der Waals surface area (Å²) in [6.07, 6.45) is 1.47. The Morgan fingerprint density at radius 2 is 2.12 bits per heavy atom. The van der Waals surface area contributed by atoms with Crippen molar-refractivity contribution < 1.29 is 23.5 Å². The van der Waals surface area contributed by atoms with Gasteiger partial charge in [0.2, 0.25) is 5.16 Å². The van der Waals surface area contributed by atoms with E-state index in [0.717, 1.165) is 0 Å². The Labute approximate surface area is 187 Å². The number of methoxy groups -OCH3 is 1. The number of hydrogen-bond donors (Lipinski definition) is 2. The molecule has 1 aliphatic rings. The van der Waals surface area contributed by atoms with Gasteiger partial charge in [0.15, 0.2) is 0 Å². The first-order chi connectivity index (χ1) is 15.6. The molecule has 1 atom stereocenters. The fourth-order valence-corrected chi connectivity index (χ4v) is 4.06. The second kappa shape index (κ2) is 9.56. The number of carbonyl (C=O) groups is 2. The summed E-state index contributed by atoms with van der Waals surface area (Å²) in [5.74, 6) is 0.667. The Hall–Kier alpha value is -3.80. The summed E-state index contributed by atoms with van der Waals surface area (Å²) in [5, 5.41) is 17.7. The molecule has 12 heteroatoms. The molecule has 3 aromatic rings. The predicted octanol–water partition coefficient (Wildman–Crippen LogP) is 2.23. The lowest BCUT2D eigenvalue weighted by Crippen LogP contribution is -2.46. The van der Waals surface area contributed by atoms with Gasteiger partial charge in [-0.15, -0.1) is 5.10 Å². The van der Waals surface area contributed by atoms with Crippen LogP contribution in [0.15, 0.2) is 63.5 Å². The van der Waals surface area contributed by atoms with Crippen LogP contribution >= 0.6 is 11.8 Å². The van der Waals surface area contributed by atoms with Crippen LogP contribution in [0, 0.1) is 0 Å². The minimum Gasteiger partial charge on any atom is -0.494 e. The van der Waals surface area contributed by atoms with E-state index in [1.165, 1.54) is 22.7 Å². The van der Waals surface area contributed by atoms with Crippen LogP contribution in [-0.2, 0) is 9.53 Å². The molecule has 0 fully saturated rings. The van der Waals surface area contributed by atoms with Gasteiger partial charge in [0.25, 0.3) is 0 Å². The van der Waals surface area contributed by atoms with Crippen LogP contribution in [0.3, 0.4) is 0 Å². The number of thioether (sulfide) groups is 1. The fourth-order valence-electron chi connectivity index (χ4n) is 3.21. The first-order valence-corrected chi connectivity index (χ1v) is 10.7. The third-order valence-corrected chi connectivity index (χ3v) is 5.52. The lowest BCUT2D eigenvalue weighted by Gasteiger charge is -2.27. The maximum atomic E-state index is 12.8. The molecule has 2 N–H and O–H groups in total. The van der Waals surface area contributed by atoms with E-state index in [2.05, 4.69) is 26.2 Å². The van der Waals surface area contributed by atoms with Crippen molar-refractivity contribution in [2.24, 2.45) is 0 Å². The molecule has 0 aliphatic carbocycles. The highest BCUT2D eigenvalue weighted by Crippen LogP contribution is 2.31. The topological polar surface area (TPSA) is 133 Å². The molecule has 1 unspecified atom stereocenters. The highest BCUT2D eigenvalue weighted by atomic mass is 32.2. The minimum atomic E-state index is -0.779. The Morgan fingerprint density at radius 3 is 2.88 bits per heavy atom. The van der Waals surface area contributed by atoms with E-state index in [1.54, 1.807) is 32.2 Å². The van der Waals surface area contributed by atoms with Gasteiger partial charge in [-0.1, -0.05) is 23.9 Å². The van der Waals surface area contributed by atoms with Gasteiger partial charge in [0.05, 0.1) is 25.6 Å². The molecule has 11 nitrogen and oxygen atoms in total. The maximum absolute atomic E-state index is 12.8. The molecular formula is C20H20N6O5S. The van der Waals surface area contributed by atoms with Crippen LogP contribution in [0.25, 0.3) is 5.69 Å². The third-order valence-electron chi connectivity index (χ3n) is 4.58. The molecular weight excluding hydrogens is 436 g/mol. The summed E-state index contributed by atoms with van der Waals surface area (Å²) in [6.45, 7) is 1.90. The van der Waals surface area contributed by atoms with Crippen LogP contribution < -0.4 is 15.4 Å². The molecule has 32 heavy (non-hydrogen) atoms. The molecule has 1 aliphatic heterocycles. The molecule has 3 heterocycles. The number of aromatic nitrogens is 4. The molecule has 166 valence electrons. The minimum absolute atomic E-state index is 0.188. The van der Waals surface area contributed by atoms with E-state index in [0.29, 0.717) is 28.1 Å². The molecule has 4 rings (SSSR count). The summed E-state index contributed by atoms with van der Waals surface area (Å²) in [6, 6.07) is 9.43. The van der Waals surface area contributed by atoms with Crippen molar-refractivity contribution >= 4 is 23.8 Å². The number of esters is 1. The van der Waals surface area contributed by atoms with Gasteiger partial charge in [-0.25, -0.2) is 9.59 Å². The van der Waals surface area contributed by atoms with E-state index in [1.807, 2.05) is 18.2 Å². The Balaban J connectivity index is 1.66. The largest absolute Gasteiger partial charge is 0.494 e. The van der Waals surface area contributed by atoms with Crippen molar-refractivity contribution in [3.63, 3.8) is 0 Å². The Kier molecular flexibility index (Phi) is 6.40. The number of carbonyl (C=O) groups excluding carboxylic acids is 2. The monoisotopic (exact) mass is 456 g/mol. The number of tetrazole rings is 1. The van der Waals surface area contributed by atoms with E-state index in [-0.39, 0.29) is 17.9 Å². The van der Waals surface area contributed by atoms with Crippen molar-refractivity contribution in [1.29, 1.82) is 0 Å². The van der Waals surface area contributed by atoms with Crippen LogP contribution in [0.1, 0.15) is 18.7 Å². The van der Waals surface area contributed by atoms with Crippen molar-refractivity contribution in [3.05, 3.63) is 59.7 Å². The Morgan fingerprint density at radius 1 is 1.28 bits per heavy atom. The van der Waals surface area contributed by atoms with E-state index >= 15 is 0 Å². The van der Waals surface area contributed by atoms with E-state index in [4.69, 9.17) is 13.9 Å². The zero-order chi connectivity index (χ0) is 22.5. The first kappa shape index (κ1) is 21.4. The number of benzene rings is 1.